The smallest absolute Gasteiger partial charge is 0.270 e. The van der Waals surface area contributed by atoms with Crippen LogP contribution in [0.4, 0.5) is 0 Å². The standard InChI is InChI=1S/C16H13ClN2O2/c1-11-8-12(17)6-7-15(11)21-9-16(20)19-10-18-13-4-2-3-5-14(13)19/h2-8,10H,9H2,1H3. The topological polar surface area (TPSA) is 44.1 Å². The van der Waals surface area contributed by atoms with Crippen LogP contribution in [0.3, 0.4) is 0 Å². The van der Waals surface area contributed by atoms with E-state index in [0.717, 1.165) is 16.6 Å². The number of nitrogens with zero attached hydrogens (tertiary/aromatic N) is 2. The van der Waals surface area contributed by atoms with Crippen LogP contribution in [-0.4, -0.2) is 22.1 Å². The average molecular weight is 301 g/mol. The van der Waals surface area contributed by atoms with E-state index in [-0.39, 0.29) is 12.5 Å². The third kappa shape index (κ3) is 2.76. The minimum absolute atomic E-state index is 0.0528. The normalized spacial score (nSPS) is 10.8. The second-order valence-corrected chi connectivity index (χ2v) is 5.13. The fraction of sp³-hybridized carbons (Fsp3) is 0.125. The minimum Gasteiger partial charge on any atom is -0.483 e. The lowest BCUT2D eigenvalue weighted by molar-refractivity contribution is 0.0842. The monoisotopic (exact) mass is 300 g/mol. The van der Waals surface area contributed by atoms with Gasteiger partial charge in [-0.05, 0) is 42.8 Å². The molecule has 0 aliphatic carbocycles. The maximum absolute atomic E-state index is 12.2. The quantitative estimate of drug-likeness (QED) is 0.740. The summed E-state index contributed by atoms with van der Waals surface area (Å²) in [6.07, 6.45) is 1.52. The number of imidazole rings is 1. The highest BCUT2D eigenvalue weighted by Gasteiger charge is 2.11. The Morgan fingerprint density at radius 3 is 2.90 bits per heavy atom. The second-order valence-electron chi connectivity index (χ2n) is 4.70. The van der Waals surface area contributed by atoms with E-state index in [2.05, 4.69) is 4.98 Å². The fourth-order valence-corrected chi connectivity index (χ4v) is 2.37. The molecule has 1 heterocycles. The Labute approximate surface area is 126 Å². The van der Waals surface area contributed by atoms with Crippen LogP contribution >= 0.6 is 11.6 Å². The predicted octanol–water partition coefficient (Wildman–Crippen LogP) is 3.72. The Morgan fingerprint density at radius 1 is 1.29 bits per heavy atom. The number of carbonyl (C=O) groups is 1. The van der Waals surface area contributed by atoms with E-state index in [4.69, 9.17) is 16.3 Å². The van der Waals surface area contributed by atoms with Crippen molar-refractivity contribution in [1.29, 1.82) is 0 Å². The number of aromatic nitrogens is 2. The van der Waals surface area contributed by atoms with Crippen LogP contribution in [0.1, 0.15) is 10.4 Å². The summed E-state index contributed by atoms with van der Waals surface area (Å²) in [6.45, 7) is 1.83. The van der Waals surface area contributed by atoms with Crippen LogP contribution < -0.4 is 4.74 Å². The van der Waals surface area contributed by atoms with Gasteiger partial charge in [0.2, 0.25) is 0 Å². The SMILES string of the molecule is Cc1cc(Cl)ccc1OCC(=O)n1cnc2ccccc21. The highest BCUT2D eigenvalue weighted by molar-refractivity contribution is 6.30. The first kappa shape index (κ1) is 13.6. The molecule has 0 saturated heterocycles. The predicted molar refractivity (Wildman–Crippen MR) is 82.0 cm³/mol. The molecule has 0 aliphatic heterocycles. The molecule has 0 aliphatic rings. The maximum atomic E-state index is 12.2. The molecule has 4 nitrogen and oxygen atoms in total. The lowest BCUT2D eigenvalue weighted by Gasteiger charge is -2.09. The summed E-state index contributed by atoms with van der Waals surface area (Å²) >= 11 is 5.89. The molecule has 0 fully saturated rings. The van der Waals surface area contributed by atoms with Gasteiger partial charge in [-0.1, -0.05) is 23.7 Å². The summed E-state index contributed by atoms with van der Waals surface area (Å²) in [5.74, 6) is 0.482. The first-order valence-electron chi connectivity index (χ1n) is 6.49. The second kappa shape index (κ2) is 5.58. The van der Waals surface area contributed by atoms with Crippen LogP contribution in [0.15, 0.2) is 48.8 Å². The summed E-state index contributed by atoms with van der Waals surface area (Å²) in [7, 11) is 0. The third-order valence-electron chi connectivity index (χ3n) is 3.21. The molecule has 3 aromatic rings. The fourth-order valence-electron chi connectivity index (χ4n) is 2.14. The van der Waals surface area contributed by atoms with Gasteiger partial charge in [-0.15, -0.1) is 0 Å². The number of rotatable bonds is 3. The molecule has 0 unspecified atom stereocenters. The number of fused-ring (bicyclic) bond motifs is 1. The van der Waals surface area contributed by atoms with Gasteiger partial charge in [0, 0.05) is 5.02 Å². The summed E-state index contributed by atoms with van der Waals surface area (Å²) in [5, 5.41) is 0.645. The zero-order valence-corrected chi connectivity index (χ0v) is 12.2. The summed E-state index contributed by atoms with van der Waals surface area (Å²) in [5.41, 5.74) is 2.46. The van der Waals surface area contributed by atoms with Crippen molar-refractivity contribution in [2.45, 2.75) is 6.92 Å². The Hall–Kier alpha value is -2.33. The Bertz CT molecular complexity index is 811. The van der Waals surface area contributed by atoms with E-state index in [1.54, 1.807) is 18.2 Å². The number of hydrogen-bond acceptors (Lipinski definition) is 3. The van der Waals surface area contributed by atoms with Crippen molar-refractivity contribution in [3.8, 4) is 5.75 Å². The van der Waals surface area contributed by atoms with Gasteiger partial charge < -0.3 is 4.74 Å². The first-order chi connectivity index (χ1) is 10.1. The van der Waals surface area contributed by atoms with Gasteiger partial charge in [-0.2, -0.15) is 0 Å². The molecule has 1 aromatic heterocycles. The average Bonchev–Trinajstić information content (AvgIpc) is 2.90. The summed E-state index contributed by atoms with van der Waals surface area (Å²) < 4.78 is 7.07. The third-order valence-corrected chi connectivity index (χ3v) is 3.45. The van der Waals surface area contributed by atoms with Gasteiger partial charge >= 0.3 is 0 Å². The molecule has 106 valence electrons. The van der Waals surface area contributed by atoms with Crippen molar-refractivity contribution in [1.82, 2.24) is 9.55 Å². The van der Waals surface area contributed by atoms with Crippen LogP contribution in [-0.2, 0) is 0 Å². The highest BCUT2D eigenvalue weighted by Crippen LogP contribution is 2.22. The van der Waals surface area contributed by atoms with Crippen LogP contribution in [0, 0.1) is 6.92 Å². The number of halogens is 1. The minimum atomic E-state index is -0.168. The molecule has 21 heavy (non-hydrogen) atoms. The lowest BCUT2D eigenvalue weighted by Crippen LogP contribution is -2.18. The van der Waals surface area contributed by atoms with Gasteiger partial charge in [-0.25, -0.2) is 4.98 Å². The molecule has 5 heteroatoms. The number of hydrogen-bond donors (Lipinski definition) is 0. The highest BCUT2D eigenvalue weighted by atomic mass is 35.5. The molecule has 0 N–H and O–H groups in total. The molecule has 0 spiro atoms. The van der Waals surface area contributed by atoms with Crippen molar-refractivity contribution in [3.05, 3.63) is 59.4 Å². The molecule has 0 amide bonds. The van der Waals surface area contributed by atoms with Crippen molar-refractivity contribution >= 4 is 28.5 Å². The van der Waals surface area contributed by atoms with E-state index in [0.29, 0.717) is 10.8 Å². The molecule has 0 saturated carbocycles. The lowest BCUT2D eigenvalue weighted by atomic mass is 10.2. The molecule has 0 radical (unpaired) electrons. The maximum Gasteiger partial charge on any atom is 0.270 e. The Kier molecular flexibility index (Phi) is 3.62. The molecule has 0 bridgehead atoms. The molecule has 0 atom stereocenters. The number of para-hydroxylation sites is 2. The number of aryl methyl sites for hydroxylation is 1. The van der Waals surface area contributed by atoms with E-state index in [1.807, 2.05) is 31.2 Å². The largest absolute Gasteiger partial charge is 0.483 e. The zero-order chi connectivity index (χ0) is 14.8. The molecular formula is C16H13ClN2O2. The van der Waals surface area contributed by atoms with Gasteiger partial charge in [0.1, 0.15) is 12.1 Å². The van der Waals surface area contributed by atoms with Crippen LogP contribution in [0.25, 0.3) is 11.0 Å². The van der Waals surface area contributed by atoms with E-state index in [1.165, 1.54) is 10.9 Å². The van der Waals surface area contributed by atoms with Crippen LogP contribution in [0.5, 0.6) is 5.75 Å². The Balaban J connectivity index is 1.77. The summed E-state index contributed by atoms with van der Waals surface area (Å²) in [6, 6.07) is 12.8. The first-order valence-corrected chi connectivity index (χ1v) is 6.87. The number of benzene rings is 2. The van der Waals surface area contributed by atoms with Crippen LogP contribution in [0.2, 0.25) is 5.02 Å². The van der Waals surface area contributed by atoms with E-state index < -0.39 is 0 Å². The molecule has 3 rings (SSSR count). The van der Waals surface area contributed by atoms with Crippen molar-refractivity contribution in [2.24, 2.45) is 0 Å². The molecule has 2 aromatic carbocycles. The van der Waals surface area contributed by atoms with Crippen molar-refractivity contribution in [2.75, 3.05) is 6.61 Å². The van der Waals surface area contributed by atoms with Crippen molar-refractivity contribution < 1.29 is 9.53 Å². The Morgan fingerprint density at radius 2 is 2.10 bits per heavy atom. The van der Waals surface area contributed by atoms with Gasteiger partial charge in [0.25, 0.3) is 5.91 Å². The van der Waals surface area contributed by atoms with Crippen molar-refractivity contribution in [3.63, 3.8) is 0 Å². The zero-order valence-electron chi connectivity index (χ0n) is 11.4. The van der Waals surface area contributed by atoms with Gasteiger partial charge in [-0.3, -0.25) is 9.36 Å². The van der Waals surface area contributed by atoms with Gasteiger partial charge in [0.15, 0.2) is 6.61 Å². The number of carbonyl (C=O) groups excluding carboxylic acids is 1. The van der Waals surface area contributed by atoms with E-state index in [9.17, 15) is 4.79 Å². The summed E-state index contributed by atoms with van der Waals surface area (Å²) in [4.78, 5) is 16.4. The van der Waals surface area contributed by atoms with Gasteiger partial charge in [0.05, 0.1) is 11.0 Å². The molecular weight excluding hydrogens is 288 g/mol. The van der Waals surface area contributed by atoms with E-state index >= 15 is 0 Å². The number of ether oxygens (including phenoxy) is 1.